The molecular formula is C13H9F5N2O. The van der Waals surface area contributed by atoms with Crippen molar-refractivity contribution in [1.82, 2.24) is 0 Å². The summed E-state index contributed by atoms with van der Waals surface area (Å²) in [6.07, 6.45) is 1.48. The molecule has 0 unspecified atom stereocenters. The van der Waals surface area contributed by atoms with Gasteiger partial charge in [0.2, 0.25) is 11.7 Å². The van der Waals surface area contributed by atoms with Crippen molar-refractivity contribution in [3.05, 3.63) is 29.1 Å². The number of anilines is 1. The second-order valence-electron chi connectivity index (χ2n) is 4.80. The summed E-state index contributed by atoms with van der Waals surface area (Å²) in [6, 6.07) is 1.76. The van der Waals surface area contributed by atoms with Crippen LogP contribution in [0.4, 0.5) is 27.6 Å². The van der Waals surface area contributed by atoms with Crippen LogP contribution in [0.15, 0.2) is 0 Å². The molecule has 1 aliphatic rings. The van der Waals surface area contributed by atoms with Gasteiger partial charge in [-0.05, 0) is 12.8 Å². The van der Waals surface area contributed by atoms with Crippen LogP contribution in [0.25, 0.3) is 0 Å². The number of nitrogens with one attached hydrogen (secondary N) is 1. The highest BCUT2D eigenvalue weighted by molar-refractivity contribution is 5.97. The molecule has 1 aliphatic carbocycles. The molecule has 21 heavy (non-hydrogen) atoms. The fourth-order valence-electron chi connectivity index (χ4n) is 2.32. The van der Waals surface area contributed by atoms with Crippen LogP contribution in [0.3, 0.4) is 0 Å². The second-order valence-corrected chi connectivity index (χ2v) is 4.80. The molecule has 1 aromatic carbocycles. The van der Waals surface area contributed by atoms with Crippen LogP contribution >= 0.6 is 0 Å². The number of carbonyl (C=O) groups excluding carboxylic acids is 1. The van der Waals surface area contributed by atoms with Crippen molar-refractivity contribution < 1.29 is 26.7 Å². The molecule has 1 N–H and O–H groups in total. The monoisotopic (exact) mass is 304 g/mol. The number of nitrogens with zero attached hydrogens (tertiary/aromatic N) is 1. The molecule has 8 heteroatoms. The highest BCUT2D eigenvalue weighted by Gasteiger charge is 2.42. The normalized spacial score (nSPS) is 16.6. The standard InChI is InChI=1S/C13H9F5N2O/c14-6-7(15)9(17)11(10(18)8(6)16)20-12(21)13(5-19)3-1-2-4-13/h1-4H2,(H,20,21). The molecule has 0 heterocycles. The number of nitriles is 1. The largest absolute Gasteiger partial charge is 0.320 e. The zero-order valence-corrected chi connectivity index (χ0v) is 10.6. The molecule has 3 nitrogen and oxygen atoms in total. The van der Waals surface area contributed by atoms with Crippen molar-refractivity contribution in [2.75, 3.05) is 5.32 Å². The number of rotatable bonds is 2. The molecule has 0 spiro atoms. The number of amides is 1. The number of benzene rings is 1. The lowest BCUT2D eigenvalue weighted by atomic mass is 9.87. The third-order valence-corrected chi connectivity index (χ3v) is 3.55. The van der Waals surface area contributed by atoms with Crippen LogP contribution in [0.1, 0.15) is 25.7 Å². The second kappa shape index (κ2) is 5.31. The molecule has 2 rings (SSSR count). The lowest BCUT2D eigenvalue weighted by Crippen LogP contribution is -2.33. The van der Waals surface area contributed by atoms with Crippen LogP contribution < -0.4 is 5.32 Å². The topological polar surface area (TPSA) is 52.9 Å². The Hall–Kier alpha value is -2.17. The maximum Gasteiger partial charge on any atom is 0.245 e. The van der Waals surface area contributed by atoms with Gasteiger partial charge in [0.15, 0.2) is 23.3 Å². The lowest BCUT2D eigenvalue weighted by Gasteiger charge is -2.20. The zero-order chi connectivity index (χ0) is 15.8. The smallest absolute Gasteiger partial charge is 0.245 e. The summed E-state index contributed by atoms with van der Waals surface area (Å²) in [6.45, 7) is 0. The van der Waals surface area contributed by atoms with E-state index in [2.05, 4.69) is 0 Å². The van der Waals surface area contributed by atoms with Crippen LogP contribution in [0.5, 0.6) is 0 Å². The van der Waals surface area contributed by atoms with Crippen LogP contribution in [0, 0.1) is 45.8 Å². The SMILES string of the molecule is N#CC1(C(=O)Nc2c(F)c(F)c(F)c(F)c2F)CCCC1. The molecule has 112 valence electrons. The van der Waals surface area contributed by atoms with Gasteiger partial charge in [-0.3, -0.25) is 4.79 Å². The van der Waals surface area contributed by atoms with Crippen molar-refractivity contribution in [1.29, 1.82) is 5.26 Å². The van der Waals surface area contributed by atoms with E-state index in [4.69, 9.17) is 5.26 Å². The fourth-order valence-corrected chi connectivity index (χ4v) is 2.32. The van der Waals surface area contributed by atoms with Gasteiger partial charge in [-0.15, -0.1) is 0 Å². The first kappa shape index (κ1) is 15.2. The summed E-state index contributed by atoms with van der Waals surface area (Å²) in [5.74, 6) is -11.9. The molecule has 0 bridgehead atoms. The van der Waals surface area contributed by atoms with E-state index < -0.39 is 46.1 Å². The molecule has 1 aromatic rings. The van der Waals surface area contributed by atoms with Gasteiger partial charge >= 0.3 is 0 Å². The molecule has 1 amide bonds. The van der Waals surface area contributed by atoms with Gasteiger partial charge in [0.1, 0.15) is 11.1 Å². The van der Waals surface area contributed by atoms with E-state index in [0.29, 0.717) is 12.8 Å². The quantitative estimate of drug-likeness (QED) is 0.517. The first-order valence-electron chi connectivity index (χ1n) is 6.08. The molecule has 1 saturated carbocycles. The first-order chi connectivity index (χ1) is 9.84. The number of halogens is 5. The van der Waals surface area contributed by atoms with Crippen LogP contribution in [-0.4, -0.2) is 5.91 Å². The van der Waals surface area contributed by atoms with E-state index >= 15 is 0 Å². The average Bonchev–Trinajstić information content (AvgIpc) is 2.97. The van der Waals surface area contributed by atoms with E-state index in [9.17, 15) is 26.7 Å². The summed E-state index contributed by atoms with van der Waals surface area (Å²) in [7, 11) is 0. The number of carbonyl (C=O) groups is 1. The molecule has 0 atom stereocenters. The molecule has 0 radical (unpaired) electrons. The Kier molecular flexibility index (Phi) is 3.85. The maximum absolute atomic E-state index is 13.5. The molecule has 0 aromatic heterocycles. The summed E-state index contributed by atoms with van der Waals surface area (Å²) in [4.78, 5) is 12.0. The minimum absolute atomic E-state index is 0.171. The predicted molar refractivity (Wildman–Crippen MR) is 61.4 cm³/mol. The Bertz CT molecular complexity index is 618. The maximum atomic E-state index is 13.5. The predicted octanol–water partition coefficient (Wildman–Crippen LogP) is 3.40. The fraction of sp³-hybridized carbons (Fsp3) is 0.385. The zero-order valence-electron chi connectivity index (χ0n) is 10.6. The van der Waals surface area contributed by atoms with Crippen molar-refractivity contribution in [2.45, 2.75) is 25.7 Å². The Morgan fingerprint density at radius 1 is 0.952 bits per heavy atom. The van der Waals surface area contributed by atoms with E-state index in [1.807, 2.05) is 0 Å². The lowest BCUT2D eigenvalue weighted by molar-refractivity contribution is -0.122. The average molecular weight is 304 g/mol. The van der Waals surface area contributed by atoms with Gasteiger partial charge in [-0.2, -0.15) is 5.26 Å². The summed E-state index contributed by atoms with van der Waals surface area (Å²) in [5, 5.41) is 10.7. The Morgan fingerprint density at radius 3 is 1.81 bits per heavy atom. The van der Waals surface area contributed by atoms with Crippen LogP contribution in [-0.2, 0) is 4.79 Å². The molecule has 0 aliphatic heterocycles. The van der Waals surface area contributed by atoms with Crippen molar-refractivity contribution >= 4 is 11.6 Å². The van der Waals surface area contributed by atoms with E-state index in [0.717, 1.165) is 0 Å². The van der Waals surface area contributed by atoms with Gasteiger partial charge in [-0.25, -0.2) is 22.0 Å². The van der Waals surface area contributed by atoms with Crippen molar-refractivity contribution in [3.8, 4) is 6.07 Å². The van der Waals surface area contributed by atoms with Crippen LogP contribution in [0.2, 0.25) is 0 Å². The van der Waals surface area contributed by atoms with Gasteiger partial charge in [-0.1, -0.05) is 12.8 Å². The van der Waals surface area contributed by atoms with Crippen molar-refractivity contribution in [2.24, 2.45) is 5.41 Å². The number of hydrogen-bond donors (Lipinski definition) is 1. The van der Waals surface area contributed by atoms with Gasteiger partial charge in [0.05, 0.1) is 6.07 Å². The van der Waals surface area contributed by atoms with Gasteiger partial charge in [0, 0.05) is 0 Å². The Balaban J connectivity index is 2.41. The summed E-state index contributed by atoms with van der Waals surface area (Å²) in [5.41, 5.74) is -2.93. The summed E-state index contributed by atoms with van der Waals surface area (Å²) >= 11 is 0. The summed E-state index contributed by atoms with van der Waals surface area (Å²) < 4.78 is 65.9. The van der Waals surface area contributed by atoms with E-state index in [1.54, 1.807) is 11.4 Å². The van der Waals surface area contributed by atoms with E-state index in [-0.39, 0.29) is 12.8 Å². The third kappa shape index (κ3) is 2.33. The third-order valence-electron chi connectivity index (χ3n) is 3.55. The van der Waals surface area contributed by atoms with Gasteiger partial charge in [0.25, 0.3) is 0 Å². The minimum Gasteiger partial charge on any atom is -0.320 e. The van der Waals surface area contributed by atoms with E-state index in [1.165, 1.54) is 0 Å². The molecule has 1 fully saturated rings. The minimum atomic E-state index is -2.31. The number of hydrogen-bond acceptors (Lipinski definition) is 2. The first-order valence-corrected chi connectivity index (χ1v) is 6.08. The van der Waals surface area contributed by atoms with Crippen molar-refractivity contribution in [3.63, 3.8) is 0 Å². The highest BCUT2D eigenvalue weighted by Crippen LogP contribution is 2.39. The Morgan fingerprint density at radius 2 is 1.38 bits per heavy atom. The highest BCUT2D eigenvalue weighted by atomic mass is 19.2. The molecule has 0 saturated heterocycles. The molecular weight excluding hydrogens is 295 g/mol. The van der Waals surface area contributed by atoms with Gasteiger partial charge < -0.3 is 5.32 Å². The Labute approximate surface area is 116 Å².